The Morgan fingerprint density at radius 3 is 2.07 bits per heavy atom. The van der Waals surface area contributed by atoms with Gasteiger partial charge in [0, 0.05) is 25.9 Å². The maximum Gasteiger partial charge on any atom is 0.330 e. The molecule has 0 aromatic heterocycles. The van der Waals surface area contributed by atoms with Crippen LogP contribution in [0.3, 0.4) is 0 Å². The molecule has 2 N–H and O–H groups in total. The van der Waals surface area contributed by atoms with Crippen LogP contribution in [-0.2, 0) is 35.3 Å². The summed E-state index contributed by atoms with van der Waals surface area (Å²) in [6.45, 7) is 4.41. The lowest BCUT2D eigenvalue weighted by Crippen LogP contribution is -2.61. The molecule has 0 aliphatic heterocycles. The fourth-order valence-electron chi connectivity index (χ4n) is 6.11. The summed E-state index contributed by atoms with van der Waals surface area (Å²) in [6.07, 6.45) is 3.28. The smallest absolute Gasteiger partial charge is 0.330 e. The van der Waals surface area contributed by atoms with E-state index < -0.39 is 23.5 Å². The van der Waals surface area contributed by atoms with E-state index in [1.165, 1.54) is 16.0 Å². The van der Waals surface area contributed by atoms with E-state index in [-0.39, 0.29) is 31.7 Å². The molecule has 4 aromatic rings. The van der Waals surface area contributed by atoms with Crippen molar-refractivity contribution in [2.45, 2.75) is 57.9 Å². The summed E-state index contributed by atoms with van der Waals surface area (Å²) in [4.78, 5) is 41.4. The van der Waals surface area contributed by atoms with Gasteiger partial charge >= 0.3 is 18.0 Å². The van der Waals surface area contributed by atoms with Crippen LogP contribution in [0.2, 0.25) is 0 Å². The van der Waals surface area contributed by atoms with Gasteiger partial charge in [-0.05, 0) is 70.7 Å². The number of fused-ring (bicyclic) bond motifs is 1. The number of carboxylic acids is 1. The maximum absolute atomic E-state index is 13.9. The molecule has 0 spiro atoms. The largest absolute Gasteiger partial charge is 0.479 e. The summed E-state index contributed by atoms with van der Waals surface area (Å²) >= 11 is 0. The number of carbonyl (C=O) groups is 3. The van der Waals surface area contributed by atoms with E-state index in [9.17, 15) is 19.5 Å². The van der Waals surface area contributed by atoms with Crippen molar-refractivity contribution in [2.75, 3.05) is 13.1 Å². The molecule has 1 atom stereocenters. The van der Waals surface area contributed by atoms with Gasteiger partial charge in [0.15, 0.2) is 0 Å². The first kappa shape index (κ1) is 32.5. The van der Waals surface area contributed by atoms with Crippen LogP contribution in [0.1, 0.15) is 48.9 Å². The molecule has 2 amide bonds. The quantitative estimate of drug-likeness (QED) is 0.123. The molecule has 7 heteroatoms. The van der Waals surface area contributed by atoms with Crippen molar-refractivity contribution < 1.29 is 24.2 Å². The van der Waals surface area contributed by atoms with Crippen LogP contribution in [0.5, 0.6) is 5.75 Å². The molecule has 0 saturated carbocycles. The first-order valence-electron chi connectivity index (χ1n) is 16.0. The molecule has 7 nitrogen and oxygen atoms in total. The fourth-order valence-corrected chi connectivity index (χ4v) is 6.11. The first-order valence-corrected chi connectivity index (χ1v) is 16.0. The van der Waals surface area contributed by atoms with Crippen LogP contribution in [0.4, 0.5) is 4.79 Å². The van der Waals surface area contributed by atoms with E-state index in [2.05, 4.69) is 5.32 Å². The number of amides is 2. The molecule has 1 unspecified atom stereocenters. The molecule has 0 saturated heterocycles. The minimum Gasteiger partial charge on any atom is -0.479 e. The van der Waals surface area contributed by atoms with Gasteiger partial charge in [0.2, 0.25) is 0 Å². The predicted octanol–water partition coefficient (Wildman–Crippen LogP) is 7.11. The lowest BCUT2D eigenvalue weighted by molar-refractivity contribution is -0.144. The highest BCUT2D eigenvalue weighted by molar-refractivity contribution is 5.87. The highest BCUT2D eigenvalue weighted by atomic mass is 16.5. The third kappa shape index (κ3) is 8.42. The van der Waals surface area contributed by atoms with E-state index in [1.807, 2.05) is 117 Å². The topological polar surface area (TPSA) is 95.9 Å². The minimum atomic E-state index is -1.63. The molecule has 1 aliphatic rings. The first-order chi connectivity index (χ1) is 22.2. The zero-order chi connectivity index (χ0) is 32.5. The number of aryl methyl sites for hydroxylation is 2. The minimum absolute atomic E-state index is 0.0169. The van der Waals surface area contributed by atoms with Gasteiger partial charge in [0.1, 0.15) is 11.3 Å². The number of aliphatic carboxylic acids is 1. The Kier molecular flexibility index (Phi) is 10.5. The summed E-state index contributed by atoms with van der Waals surface area (Å²) in [5.74, 6) is -0.960. The van der Waals surface area contributed by atoms with Crippen molar-refractivity contribution in [2.24, 2.45) is 5.92 Å². The van der Waals surface area contributed by atoms with Crippen molar-refractivity contribution in [3.63, 3.8) is 0 Å². The number of nitrogens with one attached hydrogen (secondary N) is 1. The van der Waals surface area contributed by atoms with Crippen molar-refractivity contribution in [1.29, 1.82) is 0 Å². The average molecular weight is 619 g/mol. The molecule has 46 heavy (non-hydrogen) atoms. The Morgan fingerprint density at radius 2 is 1.41 bits per heavy atom. The molecule has 1 aliphatic carbocycles. The fraction of sp³-hybridized carbons (Fsp3) is 0.308. The number of carbonyl (C=O) groups excluding carboxylic acids is 2. The standard InChI is InChI=1S/C39H42N2O5/c1-28(2)27-41(23-22-36(42)46-35-21-20-32-14-9-15-34(32)24-35)38(45)40-39(37(43)44,25-29-10-5-3-6-11-29)26-30-16-18-33(19-17-30)31-12-7-4-8-13-31/h3-8,10-13,16-21,24,28H,9,14-15,22-23,25-27H2,1-2H3,(H,40,45)(H,43,44). The van der Waals surface area contributed by atoms with E-state index >= 15 is 0 Å². The number of ether oxygens (including phenoxy) is 1. The van der Waals surface area contributed by atoms with Gasteiger partial charge in [-0.1, -0.05) is 105 Å². The zero-order valence-corrected chi connectivity index (χ0v) is 26.6. The number of hydrogen-bond donors (Lipinski definition) is 2. The number of carboxylic acid groups (broad SMARTS) is 1. The Labute approximate surface area is 271 Å². The van der Waals surface area contributed by atoms with E-state index in [0.29, 0.717) is 12.3 Å². The normalized spacial score (nSPS) is 13.5. The summed E-state index contributed by atoms with van der Waals surface area (Å²) < 4.78 is 5.62. The van der Waals surface area contributed by atoms with Crippen LogP contribution in [0, 0.1) is 5.92 Å². The second-order valence-corrected chi connectivity index (χ2v) is 12.6. The van der Waals surface area contributed by atoms with E-state index in [4.69, 9.17) is 4.74 Å². The molecular formula is C39H42N2O5. The number of rotatable bonds is 13. The highest BCUT2D eigenvalue weighted by Crippen LogP contribution is 2.27. The number of benzene rings is 4. The number of hydrogen-bond acceptors (Lipinski definition) is 4. The third-order valence-corrected chi connectivity index (χ3v) is 8.43. The summed E-state index contributed by atoms with van der Waals surface area (Å²) in [7, 11) is 0. The second kappa shape index (κ2) is 14.9. The zero-order valence-electron chi connectivity index (χ0n) is 26.6. The molecule has 0 bridgehead atoms. The highest BCUT2D eigenvalue weighted by Gasteiger charge is 2.41. The average Bonchev–Trinajstić information content (AvgIpc) is 3.52. The van der Waals surface area contributed by atoms with Gasteiger partial charge in [-0.3, -0.25) is 4.79 Å². The SMILES string of the molecule is CC(C)CN(CCC(=O)Oc1ccc2c(c1)CCC2)C(=O)NC(Cc1ccccc1)(Cc1ccc(-c2ccccc2)cc1)C(=O)O. The third-order valence-electron chi connectivity index (χ3n) is 8.43. The number of nitrogens with zero attached hydrogens (tertiary/aromatic N) is 1. The Bertz CT molecular complexity index is 1640. The van der Waals surface area contributed by atoms with Gasteiger partial charge in [-0.25, -0.2) is 9.59 Å². The summed E-state index contributed by atoms with van der Waals surface area (Å²) in [5, 5.41) is 13.6. The molecule has 0 heterocycles. The van der Waals surface area contributed by atoms with Crippen molar-refractivity contribution in [1.82, 2.24) is 10.2 Å². The Hall–Kier alpha value is -4.91. The molecule has 238 valence electrons. The van der Waals surface area contributed by atoms with Gasteiger partial charge < -0.3 is 20.1 Å². The lowest BCUT2D eigenvalue weighted by Gasteiger charge is -2.34. The van der Waals surface area contributed by atoms with E-state index in [1.54, 1.807) is 0 Å². The second-order valence-electron chi connectivity index (χ2n) is 12.6. The van der Waals surface area contributed by atoms with Gasteiger partial charge in [0.05, 0.1) is 6.42 Å². The van der Waals surface area contributed by atoms with Gasteiger partial charge in [-0.2, -0.15) is 0 Å². The molecule has 5 rings (SSSR count). The molecule has 0 radical (unpaired) electrons. The van der Waals surface area contributed by atoms with Gasteiger partial charge in [-0.15, -0.1) is 0 Å². The van der Waals surface area contributed by atoms with Crippen molar-refractivity contribution in [3.8, 4) is 16.9 Å². The van der Waals surface area contributed by atoms with Crippen LogP contribution in [0.25, 0.3) is 11.1 Å². The van der Waals surface area contributed by atoms with Crippen LogP contribution >= 0.6 is 0 Å². The van der Waals surface area contributed by atoms with E-state index in [0.717, 1.165) is 41.5 Å². The molecule has 4 aromatic carbocycles. The molecule has 0 fully saturated rings. The Balaban J connectivity index is 1.34. The summed E-state index contributed by atoms with van der Waals surface area (Å²) in [5.41, 5.74) is 4.54. The maximum atomic E-state index is 13.9. The van der Waals surface area contributed by atoms with Crippen LogP contribution in [-0.4, -0.2) is 46.6 Å². The van der Waals surface area contributed by atoms with Crippen molar-refractivity contribution in [3.05, 3.63) is 125 Å². The van der Waals surface area contributed by atoms with Crippen LogP contribution in [0.15, 0.2) is 103 Å². The van der Waals surface area contributed by atoms with Crippen molar-refractivity contribution >= 4 is 18.0 Å². The van der Waals surface area contributed by atoms with Gasteiger partial charge in [0.25, 0.3) is 0 Å². The number of esters is 1. The number of urea groups is 1. The monoisotopic (exact) mass is 618 g/mol. The predicted molar refractivity (Wildman–Crippen MR) is 180 cm³/mol. The van der Waals surface area contributed by atoms with Crippen LogP contribution < -0.4 is 10.1 Å². The Morgan fingerprint density at radius 1 is 0.804 bits per heavy atom. The molecular weight excluding hydrogens is 576 g/mol. The summed E-state index contributed by atoms with van der Waals surface area (Å²) in [6, 6.07) is 32.3. The lowest BCUT2D eigenvalue weighted by atomic mass is 9.84.